The van der Waals surface area contributed by atoms with Crippen LogP contribution in [-0.4, -0.2) is 57.9 Å². The Hall–Kier alpha value is -3.76. The number of hydrogen-bond acceptors (Lipinski definition) is 9. The Kier molecular flexibility index (Phi) is 5.99. The Bertz CT molecular complexity index is 1250. The van der Waals surface area contributed by atoms with Crippen molar-refractivity contribution in [2.24, 2.45) is 0 Å². The van der Waals surface area contributed by atoms with Gasteiger partial charge in [0.25, 0.3) is 11.8 Å². The number of fused-ring (bicyclic) bond motifs is 2. The van der Waals surface area contributed by atoms with Gasteiger partial charge in [-0.25, -0.2) is 9.97 Å². The lowest BCUT2D eigenvalue weighted by atomic mass is 9.87. The summed E-state index contributed by atoms with van der Waals surface area (Å²) in [6.07, 6.45) is 7.55. The van der Waals surface area contributed by atoms with Crippen LogP contribution in [0.1, 0.15) is 18.4 Å². The zero-order valence-corrected chi connectivity index (χ0v) is 18.7. The fraction of sp³-hybridized carbons (Fsp3) is 0.333. The molecule has 0 aromatic carbocycles. The first-order chi connectivity index (χ1) is 16.5. The molecule has 2 atom stereocenters. The minimum atomic E-state index is -1.62. The smallest absolute Gasteiger partial charge is 0.260 e. The first-order valence-electron chi connectivity index (χ1n) is 11.0. The van der Waals surface area contributed by atoms with Crippen molar-refractivity contribution < 1.29 is 24.1 Å². The maximum Gasteiger partial charge on any atom is 0.260 e. The summed E-state index contributed by atoms with van der Waals surface area (Å²) >= 11 is 0. The van der Waals surface area contributed by atoms with Gasteiger partial charge in [-0.2, -0.15) is 0 Å². The molecule has 10 heteroatoms. The summed E-state index contributed by atoms with van der Waals surface area (Å²) in [5.74, 6) is 1.05. The number of ether oxygens (including phenoxy) is 3. The van der Waals surface area contributed by atoms with Crippen molar-refractivity contribution in [3.8, 4) is 17.5 Å². The van der Waals surface area contributed by atoms with Crippen molar-refractivity contribution >= 4 is 22.6 Å². The third-order valence-corrected chi connectivity index (χ3v) is 5.87. The number of amides is 1. The van der Waals surface area contributed by atoms with Gasteiger partial charge < -0.3 is 30.0 Å². The number of carbonyl (C=O) groups is 1. The minimum Gasteiger partial charge on any atom is -0.484 e. The molecule has 3 aromatic heterocycles. The maximum atomic E-state index is 13.0. The molecule has 0 saturated carbocycles. The third kappa shape index (κ3) is 4.50. The van der Waals surface area contributed by atoms with Crippen molar-refractivity contribution in [2.75, 3.05) is 25.6 Å². The molecule has 0 radical (unpaired) electrons. The highest BCUT2D eigenvalue weighted by molar-refractivity contribution is 6.03. The first-order valence-corrected chi connectivity index (χ1v) is 11.0. The van der Waals surface area contributed by atoms with Gasteiger partial charge in [-0.05, 0) is 42.7 Å². The number of rotatable bonds is 6. The molecule has 2 aliphatic rings. The zero-order chi connectivity index (χ0) is 23.5. The van der Waals surface area contributed by atoms with E-state index in [2.05, 4.69) is 25.6 Å². The van der Waals surface area contributed by atoms with Gasteiger partial charge >= 0.3 is 0 Å². The van der Waals surface area contributed by atoms with Gasteiger partial charge in [0.2, 0.25) is 5.88 Å². The van der Waals surface area contributed by atoms with Crippen molar-refractivity contribution in [2.45, 2.75) is 31.0 Å². The Morgan fingerprint density at radius 3 is 2.97 bits per heavy atom. The second kappa shape index (κ2) is 9.24. The van der Waals surface area contributed by atoms with Crippen molar-refractivity contribution in [3.63, 3.8) is 0 Å². The van der Waals surface area contributed by atoms with Crippen LogP contribution in [0.3, 0.4) is 0 Å². The van der Waals surface area contributed by atoms with Gasteiger partial charge in [-0.15, -0.1) is 0 Å². The monoisotopic (exact) mass is 463 g/mol. The standard InChI is InChI=1S/C24H25N5O5/c1-32-20-3-2-17-21(29-20)18(6-9-25-17)28-23(30)24(31)7-4-16(5-8-24)26-13-15-12-19-22(27-14-15)34-11-10-33-19/h2-4,6-7,9,12,14,16,26,31H,5,8,10-11,13H2,1H3,(H,25,28,30). The minimum absolute atomic E-state index is 0.00830. The highest BCUT2D eigenvalue weighted by atomic mass is 16.6. The van der Waals surface area contributed by atoms with Crippen LogP contribution in [0.2, 0.25) is 0 Å². The molecule has 0 fully saturated rings. The number of methoxy groups -OCH3 is 1. The van der Waals surface area contributed by atoms with E-state index in [1.807, 2.05) is 12.1 Å². The first kappa shape index (κ1) is 22.1. The number of aliphatic hydroxyl groups is 1. The molecule has 0 bridgehead atoms. The average Bonchev–Trinajstić information content (AvgIpc) is 2.88. The number of anilines is 1. The summed E-state index contributed by atoms with van der Waals surface area (Å²) < 4.78 is 16.2. The second-order valence-corrected chi connectivity index (χ2v) is 8.19. The maximum absolute atomic E-state index is 13.0. The topological polar surface area (TPSA) is 128 Å². The van der Waals surface area contributed by atoms with Crippen LogP contribution in [0.25, 0.3) is 11.0 Å². The molecule has 4 heterocycles. The van der Waals surface area contributed by atoms with Gasteiger partial charge in [-0.1, -0.05) is 6.08 Å². The second-order valence-electron chi connectivity index (χ2n) is 8.19. The average molecular weight is 463 g/mol. The largest absolute Gasteiger partial charge is 0.484 e. The van der Waals surface area contributed by atoms with E-state index in [1.165, 1.54) is 7.11 Å². The summed E-state index contributed by atoms with van der Waals surface area (Å²) in [5, 5.41) is 17.2. The van der Waals surface area contributed by atoms with E-state index in [9.17, 15) is 9.90 Å². The normalized spacial score (nSPS) is 21.3. The Morgan fingerprint density at radius 1 is 1.26 bits per heavy atom. The van der Waals surface area contributed by atoms with Crippen LogP contribution in [0.15, 0.2) is 48.8 Å². The Balaban J connectivity index is 1.23. The molecule has 5 rings (SSSR count). The number of nitrogens with one attached hydrogen (secondary N) is 2. The molecule has 1 amide bonds. The Morgan fingerprint density at radius 2 is 2.15 bits per heavy atom. The molecule has 176 valence electrons. The Labute approximate surface area is 196 Å². The van der Waals surface area contributed by atoms with E-state index in [4.69, 9.17) is 14.2 Å². The highest BCUT2D eigenvalue weighted by Gasteiger charge is 2.36. The fourth-order valence-electron chi connectivity index (χ4n) is 3.96. The third-order valence-electron chi connectivity index (χ3n) is 5.87. The predicted octanol–water partition coefficient (Wildman–Crippen LogP) is 1.98. The molecule has 10 nitrogen and oxygen atoms in total. The van der Waals surface area contributed by atoms with E-state index in [0.29, 0.717) is 60.4 Å². The van der Waals surface area contributed by atoms with Crippen LogP contribution in [0.4, 0.5) is 5.69 Å². The number of aromatic nitrogens is 3. The number of nitrogens with zero attached hydrogens (tertiary/aromatic N) is 3. The van der Waals surface area contributed by atoms with Gasteiger partial charge in [0.05, 0.1) is 18.3 Å². The molecule has 3 aromatic rings. The predicted molar refractivity (Wildman–Crippen MR) is 124 cm³/mol. The zero-order valence-electron chi connectivity index (χ0n) is 18.7. The summed E-state index contributed by atoms with van der Waals surface area (Å²) in [7, 11) is 1.52. The number of carbonyl (C=O) groups excluding carboxylic acids is 1. The highest BCUT2D eigenvalue weighted by Crippen LogP contribution is 2.29. The summed E-state index contributed by atoms with van der Waals surface area (Å²) in [5.41, 5.74) is 0.908. The number of hydrogen-bond donors (Lipinski definition) is 3. The summed E-state index contributed by atoms with van der Waals surface area (Å²) in [6.45, 7) is 1.58. The van der Waals surface area contributed by atoms with Crippen LogP contribution in [0.5, 0.6) is 17.5 Å². The van der Waals surface area contributed by atoms with Crippen LogP contribution >= 0.6 is 0 Å². The SMILES string of the molecule is COc1ccc2nccc(NC(=O)C3(O)C=CC(NCc4cnc5c(c4)OCCO5)CC3)c2n1. The van der Waals surface area contributed by atoms with Crippen molar-refractivity contribution in [1.82, 2.24) is 20.3 Å². The van der Waals surface area contributed by atoms with Crippen LogP contribution < -0.4 is 24.8 Å². The quantitative estimate of drug-likeness (QED) is 0.470. The van der Waals surface area contributed by atoms with E-state index >= 15 is 0 Å². The van der Waals surface area contributed by atoms with E-state index in [1.54, 1.807) is 36.7 Å². The van der Waals surface area contributed by atoms with Gasteiger partial charge in [0, 0.05) is 31.0 Å². The molecule has 0 saturated heterocycles. The van der Waals surface area contributed by atoms with Crippen LogP contribution in [-0.2, 0) is 11.3 Å². The lowest BCUT2D eigenvalue weighted by molar-refractivity contribution is -0.130. The lowest BCUT2D eigenvalue weighted by Gasteiger charge is -2.30. The van der Waals surface area contributed by atoms with E-state index in [-0.39, 0.29) is 12.5 Å². The summed E-state index contributed by atoms with van der Waals surface area (Å²) in [6, 6.07) is 7.03. The number of pyridine rings is 3. The van der Waals surface area contributed by atoms with Crippen molar-refractivity contribution in [3.05, 3.63) is 54.4 Å². The van der Waals surface area contributed by atoms with Gasteiger partial charge in [-0.3, -0.25) is 9.78 Å². The van der Waals surface area contributed by atoms with Crippen LogP contribution in [0, 0.1) is 0 Å². The molecule has 1 aliphatic heterocycles. The molecule has 3 N–H and O–H groups in total. The van der Waals surface area contributed by atoms with E-state index in [0.717, 1.165) is 5.56 Å². The molecule has 34 heavy (non-hydrogen) atoms. The lowest BCUT2D eigenvalue weighted by Crippen LogP contribution is -2.45. The molecule has 2 unspecified atom stereocenters. The van der Waals surface area contributed by atoms with Gasteiger partial charge in [0.15, 0.2) is 11.4 Å². The summed E-state index contributed by atoms with van der Waals surface area (Å²) in [4.78, 5) is 25.9. The van der Waals surface area contributed by atoms with E-state index < -0.39 is 11.5 Å². The fourth-order valence-corrected chi connectivity index (χ4v) is 3.96. The molecular weight excluding hydrogens is 438 g/mol. The molecule has 1 aliphatic carbocycles. The van der Waals surface area contributed by atoms with Gasteiger partial charge in [0.1, 0.15) is 18.7 Å². The molecular formula is C24H25N5O5. The molecule has 0 spiro atoms. The van der Waals surface area contributed by atoms with Crippen molar-refractivity contribution in [1.29, 1.82) is 0 Å².